The molecule has 0 fully saturated rings. The third kappa shape index (κ3) is 3.75. The number of carboxylic acids is 1. The van der Waals surface area contributed by atoms with Crippen molar-refractivity contribution in [2.24, 2.45) is 0 Å². The average molecular weight is 313 g/mol. The summed E-state index contributed by atoms with van der Waals surface area (Å²) < 4.78 is 6.73. The topological polar surface area (TPSA) is 64.3 Å². The van der Waals surface area contributed by atoms with Gasteiger partial charge in [0.25, 0.3) is 0 Å². The lowest BCUT2D eigenvalue weighted by atomic mass is 10.3. The van der Waals surface area contributed by atoms with Gasteiger partial charge in [-0.1, -0.05) is 29.4 Å². The number of aromatic nitrogens is 2. The molecule has 0 aliphatic heterocycles. The van der Waals surface area contributed by atoms with Crippen molar-refractivity contribution in [1.29, 1.82) is 0 Å². The smallest absolute Gasteiger partial charge is 0.313 e. The van der Waals surface area contributed by atoms with Crippen LogP contribution in [0.2, 0.25) is 5.02 Å². The Morgan fingerprint density at radius 2 is 2.30 bits per heavy atom. The molecular weight excluding hydrogens is 300 g/mol. The molecule has 0 radical (unpaired) electrons. The van der Waals surface area contributed by atoms with Crippen LogP contribution in [-0.2, 0) is 16.1 Å². The fraction of sp³-hybridized carbons (Fsp3) is 0.231. The van der Waals surface area contributed by atoms with Gasteiger partial charge in [-0.15, -0.1) is 0 Å². The molecule has 106 valence electrons. The van der Waals surface area contributed by atoms with E-state index in [1.54, 1.807) is 23.9 Å². The molecule has 5 nitrogen and oxygen atoms in total. The Balaban J connectivity index is 2.35. The monoisotopic (exact) mass is 312 g/mol. The van der Waals surface area contributed by atoms with Crippen LogP contribution in [0.5, 0.6) is 0 Å². The first-order chi connectivity index (χ1) is 9.60. The van der Waals surface area contributed by atoms with Crippen molar-refractivity contribution >= 4 is 29.3 Å². The van der Waals surface area contributed by atoms with E-state index in [2.05, 4.69) is 5.10 Å². The van der Waals surface area contributed by atoms with Gasteiger partial charge in [0.1, 0.15) is 5.03 Å². The first kappa shape index (κ1) is 14.9. The minimum atomic E-state index is -0.873. The largest absolute Gasteiger partial charge is 0.481 e. The second-order valence-electron chi connectivity index (χ2n) is 3.98. The van der Waals surface area contributed by atoms with Crippen molar-refractivity contribution in [2.75, 3.05) is 12.9 Å². The summed E-state index contributed by atoms with van der Waals surface area (Å²) in [6.07, 6.45) is 0. The van der Waals surface area contributed by atoms with Crippen molar-refractivity contribution in [3.05, 3.63) is 41.0 Å². The first-order valence-corrected chi connectivity index (χ1v) is 7.15. The van der Waals surface area contributed by atoms with Crippen LogP contribution >= 0.6 is 23.4 Å². The second kappa shape index (κ2) is 6.78. The van der Waals surface area contributed by atoms with E-state index < -0.39 is 5.97 Å². The van der Waals surface area contributed by atoms with Crippen LogP contribution in [0.1, 0.15) is 5.69 Å². The molecule has 2 rings (SSSR count). The van der Waals surface area contributed by atoms with Crippen molar-refractivity contribution in [1.82, 2.24) is 9.78 Å². The standard InChI is InChI=1S/C13H13ClN2O3S/c1-19-7-10-6-12(20-8-13(17)18)16(15-10)11-4-2-3-9(14)5-11/h2-6H,7-8H2,1H3,(H,17,18). The highest BCUT2D eigenvalue weighted by Crippen LogP contribution is 2.24. The third-order valence-electron chi connectivity index (χ3n) is 2.42. The van der Waals surface area contributed by atoms with Crippen molar-refractivity contribution in [3.63, 3.8) is 0 Å². The van der Waals surface area contributed by atoms with E-state index in [1.165, 1.54) is 11.8 Å². The van der Waals surface area contributed by atoms with Gasteiger partial charge >= 0.3 is 5.97 Å². The van der Waals surface area contributed by atoms with Crippen molar-refractivity contribution in [2.45, 2.75) is 11.6 Å². The summed E-state index contributed by atoms with van der Waals surface area (Å²) in [4.78, 5) is 10.7. The van der Waals surface area contributed by atoms with E-state index in [4.69, 9.17) is 21.4 Å². The minimum Gasteiger partial charge on any atom is -0.481 e. The predicted molar refractivity (Wildman–Crippen MR) is 77.6 cm³/mol. The lowest BCUT2D eigenvalue weighted by Gasteiger charge is -2.06. The molecule has 1 N–H and O–H groups in total. The summed E-state index contributed by atoms with van der Waals surface area (Å²) in [5.41, 5.74) is 1.52. The number of carboxylic acid groups (broad SMARTS) is 1. The molecule has 0 spiro atoms. The number of carbonyl (C=O) groups is 1. The van der Waals surface area contributed by atoms with Crippen LogP contribution in [0, 0.1) is 0 Å². The van der Waals surface area contributed by atoms with Crippen LogP contribution < -0.4 is 0 Å². The number of ether oxygens (including phenoxy) is 1. The summed E-state index contributed by atoms with van der Waals surface area (Å²) in [6, 6.07) is 9.05. The van der Waals surface area contributed by atoms with Crippen molar-refractivity contribution in [3.8, 4) is 5.69 Å². The Labute approximate surface area is 125 Å². The molecule has 0 unspecified atom stereocenters. The first-order valence-electron chi connectivity index (χ1n) is 5.78. The summed E-state index contributed by atoms with van der Waals surface area (Å²) in [6.45, 7) is 0.369. The molecule has 0 amide bonds. The number of benzene rings is 1. The van der Waals surface area contributed by atoms with Crippen LogP contribution in [0.15, 0.2) is 35.4 Å². The summed E-state index contributed by atoms with van der Waals surface area (Å²) in [5.74, 6) is -0.902. The number of methoxy groups -OCH3 is 1. The quantitative estimate of drug-likeness (QED) is 0.831. The van der Waals surface area contributed by atoms with Gasteiger partial charge in [-0.3, -0.25) is 4.79 Å². The maximum absolute atomic E-state index is 10.7. The van der Waals surface area contributed by atoms with Crippen LogP contribution in [0.3, 0.4) is 0 Å². The van der Waals surface area contributed by atoms with Gasteiger partial charge in [0, 0.05) is 12.1 Å². The molecule has 0 saturated carbocycles. The van der Waals surface area contributed by atoms with Gasteiger partial charge in [-0.2, -0.15) is 5.10 Å². The number of rotatable bonds is 6. The van der Waals surface area contributed by atoms with E-state index in [0.29, 0.717) is 11.6 Å². The Morgan fingerprint density at radius 3 is 2.95 bits per heavy atom. The Kier molecular flexibility index (Phi) is 5.05. The van der Waals surface area contributed by atoms with Gasteiger partial charge < -0.3 is 9.84 Å². The highest BCUT2D eigenvalue weighted by atomic mass is 35.5. The molecule has 0 saturated heterocycles. The van der Waals surface area contributed by atoms with Gasteiger partial charge in [0.2, 0.25) is 0 Å². The zero-order valence-electron chi connectivity index (χ0n) is 10.7. The van der Waals surface area contributed by atoms with E-state index in [1.807, 2.05) is 18.2 Å². The van der Waals surface area contributed by atoms with E-state index in [9.17, 15) is 4.79 Å². The highest BCUT2D eigenvalue weighted by Gasteiger charge is 2.12. The van der Waals surface area contributed by atoms with Gasteiger partial charge in [-0.25, -0.2) is 4.68 Å². The normalized spacial score (nSPS) is 10.7. The van der Waals surface area contributed by atoms with Gasteiger partial charge in [-0.05, 0) is 24.3 Å². The number of hydrogen-bond acceptors (Lipinski definition) is 4. The van der Waals surface area contributed by atoms with E-state index in [-0.39, 0.29) is 5.75 Å². The van der Waals surface area contributed by atoms with E-state index in [0.717, 1.165) is 16.4 Å². The fourth-order valence-corrected chi connectivity index (χ4v) is 2.60. The molecule has 1 aromatic heterocycles. The molecule has 7 heteroatoms. The fourth-order valence-electron chi connectivity index (χ4n) is 1.66. The maximum atomic E-state index is 10.7. The van der Waals surface area contributed by atoms with Crippen molar-refractivity contribution < 1.29 is 14.6 Å². The number of halogens is 1. The molecule has 2 aromatic rings. The Hall–Kier alpha value is -1.50. The molecule has 1 aromatic carbocycles. The lowest BCUT2D eigenvalue weighted by Crippen LogP contribution is -2.02. The Bertz CT molecular complexity index is 615. The number of hydrogen-bond donors (Lipinski definition) is 1. The molecule has 20 heavy (non-hydrogen) atoms. The van der Waals surface area contributed by atoms with Gasteiger partial charge in [0.15, 0.2) is 0 Å². The molecule has 1 heterocycles. The number of aliphatic carboxylic acids is 1. The van der Waals surface area contributed by atoms with Crippen LogP contribution in [0.4, 0.5) is 0 Å². The summed E-state index contributed by atoms with van der Waals surface area (Å²) in [5, 5.41) is 14.5. The summed E-state index contributed by atoms with van der Waals surface area (Å²) >= 11 is 7.18. The molecule has 0 bridgehead atoms. The predicted octanol–water partition coefficient (Wildman–Crippen LogP) is 2.85. The Morgan fingerprint density at radius 1 is 1.50 bits per heavy atom. The molecule has 0 aliphatic rings. The van der Waals surface area contributed by atoms with Gasteiger partial charge in [0.05, 0.1) is 23.7 Å². The molecule has 0 atom stereocenters. The second-order valence-corrected chi connectivity index (χ2v) is 5.41. The van der Waals surface area contributed by atoms with Crippen LogP contribution in [0.25, 0.3) is 5.69 Å². The SMILES string of the molecule is COCc1cc(SCC(=O)O)n(-c2cccc(Cl)c2)n1. The zero-order valence-corrected chi connectivity index (χ0v) is 12.3. The van der Waals surface area contributed by atoms with Crippen LogP contribution in [-0.4, -0.2) is 33.7 Å². The average Bonchev–Trinajstić information content (AvgIpc) is 2.80. The maximum Gasteiger partial charge on any atom is 0.313 e. The lowest BCUT2D eigenvalue weighted by molar-refractivity contribution is -0.133. The number of thioether (sulfide) groups is 1. The highest BCUT2D eigenvalue weighted by molar-refractivity contribution is 7.99. The summed E-state index contributed by atoms with van der Waals surface area (Å²) in [7, 11) is 1.59. The minimum absolute atomic E-state index is 0.0291. The molecular formula is C13H13ClN2O3S. The van der Waals surface area contributed by atoms with E-state index >= 15 is 0 Å². The molecule has 0 aliphatic carbocycles. The number of nitrogens with zero attached hydrogens (tertiary/aromatic N) is 2. The third-order valence-corrected chi connectivity index (χ3v) is 3.63. The zero-order chi connectivity index (χ0) is 14.5.